The van der Waals surface area contributed by atoms with E-state index in [-0.39, 0.29) is 6.04 Å². The number of benzene rings is 1. The molecule has 0 fully saturated rings. The highest BCUT2D eigenvalue weighted by Crippen LogP contribution is 2.34. The van der Waals surface area contributed by atoms with Gasteiger partial charge in [-0.2, -0.15) is 0 Å². The van der Waals surface area contributed by atoms with Crippen LogP contribution < -0.4 is 5.32 Å². The predicted molar refractivity (Wildman–Crippen MR) is 76.0 cm³/mol. The van der Waals surface area contributed by atoms with Crippen LogP contribution in [0.5, 0.6) is 0 Å². The second-order valence-corrected chi connectivity index (χ2v) is 6.15. The van der Waals surface area contributed by atoms with Gasteiger partial charge in [0.15, 0.2) is 0 Å². The molecule has 2 rings (SSSR count). The van der Waals surface area contributed by atoms with Gasteiger partial charge in [-0.05, 0) is 24.1 Å². The Hall–Kier alpha value is -0.540. The van der Waals surface area contributed by atoms with Gasteiger partial charge in [0.25, 0.3) is 0 Å². The average molecular weight is 286 g/mol. The zero-order valence-electron chi connectivity index (χ0n) is 9.41. The van der Waals surface area contributed by atoms with E-state index in [1.165, 1.54) is 16.9 Å². The molecule has 17 heavy (non-hydrogen) atoms. The molecule has 0 radical (unpaired) electrons. The summed E-state index contributed by atoms with van der Waals surface area (Å²) in [6.45, 7) is 2.92. The zero-order chi connectivity index (χ0) is 12.3. The molecule has 1 atom stereocenters. The summed E-state index contributed by atoms with van der Waals surface area (Å²) in [5.74, 6) is 0. The first kappa shape index (κ1) is 12.9. The van der Waals surface area contributed by atoms with Gasteiger partial charge < -0.3 is 5.32 Å². The fraction of sp³-hybridized carbons (Fsp3) is 0.231. The van der Waals surface area contributed by atoms with Crippen LogP contribution in [0.3, 0.4) is 0 Å². The van der Waals surface area contributed by atoms with Crippen LogP contribution in [0.4, 0.5) is 0 Å². The molecule has 0 aliphatic rings. The molecule has 0 amide bonds. The van der Waals surface area contributed by atoms with Gasteiger partial charge in [0.05, 0.1) is 8.67 Å². The molecule has 0 spiro atoms. The molecule has 0 saturated carbocycles. The Bertz CT molecular complexity index is 481. The van der Waals surface area contributed by atoms with Crippen LogP contribution in [0.1, 0.15) is 24.1 Å². The summed E-state index contributed by atoms with van der Waals surface area (Å²) in [7, 11) is 0. The number of rotatable bonds is 4. The number of thiophene rings is 1. The Morgan fingerprint density at radius 2 is 1.94 bits per heavy atom. The third kappa shape index (κ3) is 3.46. The maximum atomic E-state index is 6.12. The highest BCUT2D eigenvalue weighted by Gasteiger charge is 2.12. The SMILES string of the molecule is CC(NCc1ccccc1)c1cc(Cl)sc1Cl. The highest BCUT2D eigenvalue weighted by atomic mass is 35.5. The lowest BCUT2D eigenvalue weighted by atomic mass is 10.1. The lowest BCUT2D eigenvalue weighted by molar-refractivity contribution is 0.576. The van der Waals surface area contributed by atoms with Crippen molar-refractivity contribution in [1.29, 1.82) is 0 Å². The molecule has 1 nitrogen and oxygen atoms in total. The molecule has 2 aromatic rings. The lowest BCUT2D eigenvalue weighted by Gasteiger charge is -2.13. The van der Waals surface area contributed by atoms with Crippen molar-refractivity contribution in [2.45, 2.75) is 19.5 Å². The van der Waals surface area contributed by atoms with E-state index >= 15 is 0 Å². The normalized spacial score (nSPS) is 12.6. The molecule has 0 aliphatic carbocycles. The number of halogens is 2. The third-order valence-corrected chi connectivity index (χ3v) is 4.12. The highest BCUT2D eigenvalue weighted by molar-refractivity contribution is 7.20. The molecule has 1 heterocycles. The molecule has 1 aromatic carbocycles. The van der Waals surface area contributed by atoms with Crippen molar-refractivity contribution in [3.8, 4) is 0 Å². The summed E-state index contributed by atoms with van der Waals surface area (Å²) in [5.41, 5.74) is 2.33. The van der Waals surface area contributed by atoms with Crippen LogP contribution in [0, 0.1) is 0 Å². The molecule has 0 bridgehead atoms. The van der Waals surface area contributed by atoms with Crippen LogP contribution >= 0.6 is 34.5 Å². The van der Waals surface area contributed by atoms with Crippen molar-refractivity contribution in [2.75, 3.05) is 0 Å². The van der Waals surface area contributed by atoms with Crippen molar-refractivity contribution < 1.29 is 0 Å². The Labute approximate surface area is 115 Å². The van der Waals surface area contributed by atoms with Gasteiger partial charge in [-0.25, -0.2) is 0 Å². The summed E-state index contributed by atoms with van der Waals surface area (Å²) in [4.78, 5) is 0. The van der Waals surface area contributed by atoms with Crippen LogP contribution in [0.25, 0.3) is 0 Å². The summed E-state index contributed by atoms with van der Waals surface area (Å²) >= 11 is 13.5. The van der Waals surface area contributed by atoms with Crippen molar-refractivity contribution in [2.24, 2.45) is 0 Å². The summed E-state index contributed by atoms with van der Waals surface area (Å²) in [5, 5.41) is 3.43. The maximum absolute atomic E-state index is 6.12. The van der Waals surface area contributed by atoms with Crippen LogP contribution in [-0.4, -0.2) is 0 Å². The first-order valence-corrected chi connectivity index (χ1v) is 6.96. The van der Waals surface area contributed by atoms with Crippen LogP contribution in [0.15, 0.2) is 36.4 Å². The van der Waals surface area contributed by atoms with Gasteiger partial charge >= 0.3 is 0 Å². The summed E-state index contributed by atoms with van der Waals surface area (Å²) in [6.07, 6.45) is 0. The third-order valence-electron chi connectivity index (χ3n) is 2.60. The molecule has 1 N–H and O–H groups in total. The first-order valence-electron chi connectivity index (χ1n) is 5.39. The quantitative estimate of drug-likeness (QED) is 0.842. The minimum Gasteiger partial charge on any atom is -0.306 e. The summed E-state index contributed by atoms with van der Waals surface area (Å²) < 4.78 is 1.50. The van der Waals surface area contributed by atoms with Crippen LogP contribution in [0.2, 0.25) is 8.67 Å². The van der Waals surface area contributed by atoms with Gasteiger partial charge in [0, 0.05) is 12.6 Å². The van der Waals surface area contributed by atoms with E-state index in [0.717, 1.165) is 20.8 Å². The van der Waals surface area contributed by atoms with Crippen molar-refractivity contribution >= 4 is 34.5 Å². The van der Waals surface area contributed by atoms with Crippen molar-refractivity contribution in [3.05, 3.63) is 56.2 Å². The fourth-order valence-corrected chi connectivity index (χ4v) is 3.27. The molecule has 4 heteroatoms. The Balaban J connectivity index is 1.98. The molecule has 0 aliphatic heterocycles. The smallest absolute Gasteiger partial charge is 0.0991 e. The monoisotopic (exact) mass is 285 g/mol. The Morgan fingerprint density at radius 3 is 2.53 bits per heavy atom. The molecule has 1 unspecified atom stereocenters. The zero-order valence-corrected chi connectivity index (χ0v) is 11.7. The molecular weight excluding hydrogens is 273 g/mol. The summed E-state index contributed by atoms with van der Waals surface area (Å²) in [6, 6.07) is 12.4. The minimum atomic E-state index is 0.200. The molecule has 0 saturated heterocycles. The standard InChI is InChI=1S/C13H13Cl2NS/c1-9(11-7-12(14)17-13(11)15)16-8-10-5-3-2-4-6-10/h2-7,9,16H,8H2,1H3. The van der Waals surface area contributed by atoms with E-state index in [4.69, 9.17) is 23.2 Å². The van der Waals surface area contributed by atoms with Gasteiger partial charge in [0.2, 0.25) is 0 Å². The molecule has 1 aromatic heterocycles. The van der Waals surface area contributed by atoms with E-state index < -0.39 is 0 Å². The number of hydrogen-bond acceptors (Lipinski definition) is 2. The molecule has 90 valence electrons. The Morgan fingerprint density at radius 1 is 1.24 bits per heavy atom. The van der Waals surface area contributed by atoms with E-state index in [1.807, 2.05) is 24.3 Å². The Kier molecular flexibility index (Phi) is 4.46. The average Bonchev–Trinajstić information content (AvgIpc) is 2.67. The van der Waals surface area contributed by atoms with Gasteiger partial charge in [0.1, 0.15) is 0 Å². The predicted octanol–water partition coefficient (Wildman–Crippen LogP) is 4.91. The first-order chi connectivity index (χ1) is 8.16. The maximum Gasteiger partial charge on any atom is 0.0991 e. The van der Waals surface area contributed by atoms with Crippen molar-refractivity contribution in [1.82, 2.24) is 5.32 Å². The minimum absolute atomic E-state index is 0.200. The van der Waals surface area contributed by atoms with Gasteiger partial charge in [-0.1, -0.05) is 53.5 Å². The molecular formula is C13H13Cl2NS. The van der Waals surface area contributed by atoms with Gasteiger partial charge in [-0.3, -0.25) is 0 Å². The lowest BCUT2D eigenvalue weighted by Crippen LogP contribution is -2.17. The second kappa shape index (κ2) is 5.87. The van der Waals surface area contributed by atoms with E-state index in [9.17, 15) is 0 Å². The van der Waals surface area contributed by atoms with E-state index in [2.05, 4.69) is 24.4 Å². The fourth-order valence-electron chi connectivity index (χ4n) is 1.62. The van der Waals surface area contributed by atoms with Crippen LogP contribution in [-0.2, 0) is 6.54 Å². The second-order valence-electron chi connectivity index (χ2n) is 3.87. The topological polar surface area (TPSA) is 12.0 Å². The number of nitrogens with one attached hydrogen (secondary N) is 1. The van der Waals surface area contributed by atoms with Crippen molar-refractivity contribution in [3.63, 3.8) is 0 Å². The van der Waals surface area contributed by atoms with E-state index in [1.54, 1.807) is 0 Å². The van der Waals surface area contributed by atoms with E-state index in [0.29, 0.717) is 0 Å². The van der Waals surface area contributed by atoms with Gasteiger partial charge in [-0.15, -0.1) is 11.3 Å². The number of hydrogen-bond donors (Lipinski definition) is 1. The largest absolute Gasteiger partial charge is 0.306 e.